The molecule has 2 rings (SSSR count). The number of hydrogen-bond acceptors (Lipinski definition) is 4. The molecule has 0 aliphatic heterocycles. The summed E-state index contributed by atoms with van der Waals surface area (Å²) in [6.45, 7) is 9.00. The van der Waals surface area contributed by atoms with Crippen LogP contribution in [-0.2, 0) is 12.0 Å². The Morgan fingerprint density at radius 1 is 1.24 bits per heavy atom. The molecule has 0 saturated carbocycles. The highest BCUT2D eigenvalue weighted by molar-refractivity contribution is 7.15. The summed E-state index contributed by atoms with van der Waals surface area (Å²) in [6.07, 6.45) is 0. The molecule has 0 saturated heterocycles. The summed E-state index contributed by atoms with van der Waals surface area (Å²) in [6, 6.07) is 6.39. The minimum absolute atomic E-state index is 0.00869. The Kier molecular flexibility index (Phi) is 4.64. The quantitative estimate of drug-likeness (QED) is 0.918. The Labute approximate surface area is 129 Å². The maximum Gasteiger partial charge on any atom is 0.190 e. The molecule has 0 bridgehead atoms. The van der Waals surface area contributed by atoms with E-state index in [9.17, 15) is 9.50 Å². The molecule has 0 amide bonds. The summed E-state index contributed by atoms with van der Waals surface area (Å²) in [5.74, 6) is -0.250. The van der Waals surface area contributed by atoms with E-state index in [0.29, 0.717) is 0 Å². The zero-order valence-corrected chi connectivity index (χ0v) is 13.7. The van der Waals surface area contributed by atoms with Crippen LogP contribution in [0.15, 0.2) is 24.3 Å². The Hall–Kier alpha value is -1.46. The molecule has 0 unspecified atom stereocenters. The lowest BCUT2D eigenvalue weighted by Gasteiger charge is -2.20. The number of halogens is 1. The van der Waals surface area contributed by atoms with Gasteiger partial charge in [-0.1, -0.05) is 32.1 Å². The van der Waals surface area contributed by atoms with E-state index < -0.39 is 0 Å². The molecular weight excluding hydrogens is 287 g/mol. The molecule has 1 aromatic carbocycles. The van der Waals surface area contributed by atoms with E-state index in [4.69, 9.17) is 4.98 Å². The maximum absolute atomic E-state index is 13.1. The van der Waals surface area contributed by atoms with E-state index in [1.165, 1.54) is 23.5 Å². The predicted octanol–water partition coefficient (Wildman–Crippen LogP) is 4.23. The van der Waals surface area contributed by atoms with Gasteiger partial charge in [0.05, 0.1) is 17.2 Å². The number of aliphatic hydroxyl groups is 1. The van der Waals surface area contributed by atoms with Crippen LogP contribution in [-0.4, -0.2) is 16.6 Å². The number of rotatable bonds is 4. The molecule has 21 heavy (non-hydrogen) atoms. The van der Waals surface area contributed by atoms with Gasteiger partial charge in [-0.15, -0.1) is 0 Å². The molecule has 0 aliphatic rings. The lowest BCUT2D eigenvalue weighted by molar-refractivity contribution is 0.282. The first kappa shape index (κ1) is 15.9. The predicted molar refractivity (Wildman–Crippen MR) is 85.8 cm³/mol. The Morgan fingerprint density at radius 2 is 1.86 bits per heavy atom. The second-order valence-corrected chi connectivity index (χ2v) is 6.96. The zero-order chi connectivity index (χ0) is 15.6. The van der Waals surface area contributed by atoms with Crippen LogP contribution in [0.5, 0.6) is 0 Å². The highest BCUT2D eigenvalue weighted by Crippen LogP contribution is 2.36. The number of benzene rings is 1. The van der Waals surface area contributed by atoms with Gasteiger partial charge in [0.25, 0.3) is 0 Å². The molecule has 1 heterocycles. The zero-order valence-electron chi connectivity index (χ0n) is 12.9. The topological polar surface area (TPSA) is 36.4 Å². The summed E-state index contributed by atoms with van der Waals surface area (Å²) >= 11 is 1.49. The van der Waals surface area contributed by atoms with Crippen LogP contribution in [0.25, 0.3) is 0 Å². The Morgan fingerprint density at radius 3 is 2.29 bits per heavy atom. The van der Waals surface area contributed by atoms with Gasteiger partial charge in [-0.3, -0.25) is 0 Å². The second-order valence-electron chi connectivity index (χ2n) is 5.90. The molecule has 1 N–H and O–H groups in total. The van der Waals surface area contributed by atoms with E-state index in [1.54, 1.807) is 12.1 Å². The number of anilines is 2. The smallest absolute Gasteiger partial charge is 0.190 e. The van der Waals surface area contributed by atoms with Gasteiger partial charge < -0.3 is 10.0 Å². The monoisotopic (exact) mass is 308 g/mol. The molecule has 3 nitrogen and oxygen atoms in total. The molecule has 2 aromatic rings. The minimum atomic E-state index is -0.250. The number of nitrogens with zero attached hydrogens (tertiary/aromatic N) is 2. The van der Waals surface area contributed by atoms with Gasteiger partial charge in [0.1, 0.15) is 5.82 Å². The average Bonchev–Trinajstić information content (AvgIpc) is 2.86. The summed E-state index contributed by atoms with van der Waals surface area (Å²) in [7, 11) is 0. The van der Waals surface area contributed by atoms with Gasteiger partial charge >= 0.3 is 0 Å². The van der Waals surface area contributed by atoms with E-state index in [2.05, 4.69) is 20.8 Å². The molecule has 0 aliphatic carbocycles. The summed E-state index contributed by atoms with van der Waals surface area (Å²) in [5.41, 5.74) is 1.71. The maximum atomic E-state index is 13.1. The first-order chi connectivity index (χ1) is 9.86. The summed E-state index contributed by atoms with van der Waals surface area (Å²) in [4.78, 5) is 7.63. The number of aliphatic hydroxyl groups excluding tert-OH is 1. The second kappa shape index (κ2) is 6.12. The number of hydrogen-bond donors (Lipinski definition) is 1. The van der Waals surface area contributed by atoms with Crippen molar-refractivity contribution in [1.82, 2.24) is 4.98 Å². The van der Waals surface area contributed by atoms with Gasteiger partial charge in [-0.05, 0) is 31.2 Å². The Bertz CT molecular complexity index is 602. The van der Waals surface area contributed by atoms with Crippen LogP contribution in [0.1, 0.15) is 38.3 Å². The van der Waals surface area contributed by atoms with E-state index in [-0.39, 0.29) is 17.8 Å². The van der Waals surface area contributed by atoms with Crippen LogP contribution in [0, 0.1) is 5.82 Å². The van der Waals surface area contributed by atoms with Crippen molar-refractivity contribution in [2.24, 2.45) is 0 Å². The average molecular weight is 308 g/mol. The molecule has 5 heteroatoms. The van der Waals surface area contributed by atoms with Gasteiger partial charge in [0.2, 0.25) is 0 Å². The van der Waals surface area contributed by atoms with Crippen LogP contribution < -0.4 is 4.90 Å². The SMILES string of the molecule is CCN(c1ccc(F)cc1)c1nc(C(C)(C)C)c(CO)s1. The van der Waals surface area contributed by atoms with Crippen LogP contribution in [0.4, 0.5) is 15.2 Å². The third-order valence-electron chi connectivity index (χ3n) is 3.23. The molecule has 0 spiro atoms. The molecule has 0 atom stereocenters. The van der Waals surface area contributed by atoms with Gasteiger partial charge in [0, 0.05) is 17.6 Å². The molecule has 114 valence electrons. The van der Waals surface area contributed by atoms with E-state index in [0.717, 1.165) is 27.9 Å². The fourth-order valence-corrected chi connectivity index (χ4v) is 3.41. The fourth-order valence-electron chi connectivity index (χ4n) is 2.20. The fraction of sp³-hybridized carbons (Fsp3) is 0.438. The molecular formula is C16H21FN2OS. The first-order valence-corrected chi connectivity index (χ1v) is 7.82. The van der Waals surface area contributed by atoms with Gasteiger partial charge in [-0.2, -0.15) is 0 Å². The molecule has 0 fully saturated rings. The highest BCUT2D eigenvalue weighted by atomic mass is 32.1. The van der Waals surface area contributed by atoms with Crippen molar-refractivity contribution in [2.75, 3.05) is 11.4 Å². The lowest BCUT2D eigenvalue weighted by Crippen LogP contribution is -2.17. The van der Waals surface area contributed by atoms with Crippen molar-refractivity contribution < 1.29 is 9.50 Å². The molecule has 1 aromatic heterocycles. The standard InChI is InChI=1S/C16H21FN2OS/c1-5-19(12-8-6-11(17)7-9-12)15-18-14(16(2,3)4)13(10-20)21-15/h6-9,20H,5,10H2,1-4H3. The number of aromatic nitrogens is 1. The first-order valence-electron chi connectivity index (χ1n) is 7.01. The highest BCUT2D eigenvalue weighted by Gasteiger charge is 2.24. The van der Waals surface area contributed by atoms with Crippen molar-refractivity contribution in [3.05, 3.63) is 40.7 Å². The van der Waals surface area contributed by atoms with Crippen molar-refractivity contribution in [3.8, 4) is 0 Å². The van der Waals surface area contributed by atoms with Gasteiger partial charge in [-0.25, -0.2) is 9.37 Å². The van der Waals surface area contributed by atoms with E-state index in [1.807, 2.05) is 11.8 Å². The Balaban J connectivity index is 2.43. The minimum Gasteiger partial charge on any atom is -0.391 e. The summed E-state index contributed by atoms with van der Waals surface area (Å²) < 4.78 is 13.1. The van der Waals surface area contributed by atoms with Crippen molar-refractivity contribution in [2.45, 2.75) is 39.7 Å². The lowest BCUT2D eigenvalue weighted by atomic mass is 9.91. The largest absolute Gasteiger partial charge is 0.391 e. The third-order valence-corrected chi connectivity index (χ3v) is 4.29. The van der Waals surface area contributed by atoms with Gasteiger partial charge in [0.15, 0.2) is 5.13 Å². The van der Waals surface area contributed by atoms with Crippen molar-refractivity contribution in [1.29, 1.82) is 0 Å². The van der Waals surface area contributed by atoms with Crippen LogP contribution in [0.3, 0.4) is 0 Å². The summed E-state index contributed by atoms with van der Waals surface area (Å²) in [5, 5.41) is 10.4. The van der Waals surface area contributed by atoms with E-state index >= 15 is 0 Å². The van der Waals surface area contributed by atoms with Crippen LogP contribution in [0.2, 0.25) is 0 Å². The molecule has 0 radical (unpaired) electrons. The van der Waals surface area contributed by atoms with Crippen molar-refractivity contribution in [3.63, 3.8) is 0 Å². The third kappa shape index (κ3) is 3.41. The normalized spacial score (nSPS) is 11.7. The van der Waals surface area contributed by atoms with Crippen LogP contribution >= 0.6 is 11.3 Å². The van der Waals surface area contributed by atoms with Crippen molar-refractivity contribution >= 4 is 22.2 Å². The number of thiazole rings is 1.